The smallest absolute Gasteiger partial charge is 0.326 e. The van der Waals surface area contributed by atoms with Crippen LogP contribution >= 0.6 is 0 Å². The molecule has 1 aromatic rings. The maximum atomic E-state index is 11.7. The molecule has 2 rings (SSSR count). The van der Waals surface area contributed by atoms with E-state index in [-0.39, 0.29) is 5.97 Å². The lowest BCUT2D eigenvalue weighted by Gasteiger charge is -2.39. The summed E-state index contributed by atoms with van der Waals surface area (Å²) in [7, 11) is 1.45. The molecule has 1 saturated carbocycles. The molecule has 0 amide bonds. The van der Waals surface area contributed by atoms with Crippen molar-refractivity contribution in [2.75, 3.05) is 7.11 Å². The number of hydrogen-bond acceptors (Lipinski definition) is 3. The van der Waals surface area contributed by atoms with Crippen LogP contribution in [0.25, 0.3) is 0 Å². The first-order valence-electron chi connectivity index (χ1n) is 5.64. The molecule has 1 aliphatic carbocycles. The third kappa shape index (κ3) is 2.09. The highest BCUT2D eigenvalue weighted by molar-refractivity contribution is 5.81. The molecular weight excluding hydrogens is 202 g/mol. The zero-order chi connectivity index (χ0) is 11.4. The topological polar surface area (TPSA) is 38.3 Å². The van der Waals surface area contributed by atoms with E-state index < -0.39 is 5.54 Å². The van der Waals surface area contributed by atoms with Gasteiger partial charge in [0.05, 0.1) is 7.11 Å². The molecule has 0 heterocycles. The van der Waals surface area contributed by atoms with Gasteiger partial charge in [0.1, 0.15) is 5.54 Å². The van der Waals surface area contributed by atoms with Crippen LogP contribution in [0.15, 0.2) is 30.3 Å². The number of carbonyl (C=O) groups excluding carboxylic acids is 1. The summed E-state index contributed by atoms with van der Waals surface area (Å²) in [5, 5.41) is 3.33. The lowest BCUT2D eigenvalue weighted by atomic mass is 9.76. The monoisotopic (exact) mass is 219 g/mol. The molecule has 16 heavy (non-hydrogen) atoms. The molecule has 3 nitrogen and oxygen atoms in total. The minimum Gasteiger partial charge on any atom is -0.468 e. The third-order valence-electron chi connectivity index (χ3n) is 3.26. The number of nitrogens with one attached hydrogen (secondary N) is 1. The van der Waals surface area contributed by atoms with E-state index in [1.54, 1.807) is 0 Å². The fourth-order valence-corrected chi connectivity index (χ4v) is 2.05. The normalized spacial score (nSPS) is 17.6. The van der Waals surface area contributed by atoms with Crippen LogP contribution in [-0.2, 0) is 16.1 Å². The summed E-state index contributed by atoms with van der Waals surface area (Å²) in [5.41, 5.74) is 0.766. The van der Waals surface area contributed by atoms with Gasteiger partial charge in [0.25, 0.3) is 0 Å². The minimum absolute atomic E-state index is 0.130. The van der Waals surface area contributed by atoms with Crippen LogP contribution in [0.2, 0.25) is 0 Å². The highest BCUT2D eigenvalue weighted by Crippen LogP contribution is 2.33. The molecule has 0 atom stereocenters. The van der Waals surface area contributed by atoms with E-state index in [0.717, 1.165) is 25.8 Å². The van der Waals surface area contributed by atoms with E-state index in [4.69, 9.17) is 4.74 Å². The maximum Gasteiger partial charge on any atom is 0.326 e. The highest BCUT2D eigenvalue weighted by atomic mass is 16.5. The molecule has 0 bridgehead atoms. The molecular formula is C13H17NO2. The zero-order valence-corrected chi connectivity index (χ0v) is 9.53. The second-order valence-electron chi connectivity index (χ2n) is 4.27. The van der Waals surface area contributed by atoms with Crippen molar-refractivity contribution in [2.24, 2.45) is 0 Å². The predicted molar refractivity (Wildman–Crippen MR) is 61.9 cm³/mol. The molecule has 1 N–H and O–H groups in total. The van der Waals surface area contributed by atoms with Gasteiger partial charge in [0.2, 0.25) is 0 Å². The van der Waals surface area contributed by atoms with Crippen LogP contribution < -0.4 is 5.32 Å². The Labute approximate surface area is 95.8 Å². The number of carbonyl (C=O) groups is 1. The van der Waals surface area contributed by atoms with Crippen LogP contribution in [0.5, 0.6) is 0 Å². The molecule has 0 saturated heterocycles. The summed E-state index contributed by atoms with van der Waals surface area (Å²) >= 11 is 0. The van der Waals surface area contributed by atoms with Gasteiger partial charge in [-0.15, -0.1) is 0 Å². The van der Waals surface area contributed by atoms with Crippen LogP contribution in [0.3, 0.4) is 0 Å². The van der Waals surface area contributed by atoms with Crippen molar-refractivity contribution < 1.29 is 9.53 Å². The number of benzene rings is 1. The van der Waals surface area contributed by atoms with E-state index in [0.29, 0.717) is 0 Å². The van der Waals surface area contributed by atoms with Crippen LogP contribution in [0.4, 0.5) is 0 Å². The van der Waals surface area contributed by atoms with Gasteiger partial charge < -0.3 is 4.74 Å². The van der Waals surface area contributed by atoms with Crippen molar-refractivity contribution in [2.45, 2.75) is 31.3 Å². The molecule has 0 aliphatic heterocycles. The van der Waals surface area contributed by atoms with Gasteiger partial charge in [-0.25, -0.2) is 0 Å². The Hall–Kier alpha value is -1.35. The van der Waals surface area contributed by atoms with E-state index in [9.17, 15) is 4.79 Å². The Morgan fingerprint density at radius 1 is 1.38 bits per heavy atom. The Bertz CT molecular complexity index is 357. The minimum atomic E-state index is -0.426. The van der Waals surface area contributed by atoms with Crippen LogP contribution in [-0.4, -0.2) is 18.6 Å². The van der Waals surface area contributed by atoms with Crippen molar-refractivity contribution >= 4 is 5.97 Å². The fourth-order valence-electron chi connectivity index (χ4n) is 2.05. The first kappa shape index (κ1) is 11.1. The quantitative estimate of drug-likeness (QED) is 0.786. The van der Waals surface area contributed by atoms with E-state index in [1.165, 1.54) is 12.7 Å². The number of rotatable bonds is 4. The van der Waals surface area contributed by atoms with Gasteiger partial charge >= 0.3 is 5.97 Å². The van der Waals surface area contributed by atoms with E-state index in [1.807, 2.05) is 18.2 Å². The average molecular weight is 219 g/mol. The molecule has 1 fully saturated rings. The molecule has 0 unspecified atom stereocenters. The summed E-state index contributed by atoms with van der Waals surface area (Å²) < 4.78 is 4.84. The van der Waals surface area contributed by atoms with Crippen molar-refractivity contribution in [1.82, 2.24) is 5.32 Å². The summed E-state index contributed by atoms with van der Waals surface area (Å²) in [5.74, 6) is -0.130. The van der Waals surface area contributed by atoms with Gasteiger partial charge in [-0.2, -0.15) is 0 Å². The van der Waals surface area contributed by atoms with Crippen molar-refractivity contribution in [3.05, 3.63) is 35.9 Å². The molecule has 0 aromatic heterocycles. The lowest BCUT2D eigenvalue weighted by Crippen LogP contribution is -2.57. The molecule has 1 aromatic carbocycles. The van der Waals surface area contributed by atoms with Gasteiger partial charge in [-0.3, -0.25) is 10.1 Å². The van der Waals surface area contributed by atoms with Crippen LogP contribution in [0.1, 0.15) is 24.8 Å². The second kappa shape index (κ2) is 4.66. The van der Waals surface area contributed by atoms with Crippen LogP contribution in [0, 0.1) is 0 Å². The number of ether oxygens (including phenoxy) is 1. The van der Waals surface area contributed by atoms with Gasteiger partial charge in [-0.05, 0) is 24.8 Å². The largest absolute Gasteiger partial charge is 0.468 e. The average Bonchev–Trinajstić information content (AvgIpc) is 2.28. The Morgan fingerprint density at radius 2 is 2.06 bits per heavy atom. The molecule has 0 spiro atoms. The summed E-state index contributed by atoms with van der Waals surface area (Å²) in [6.07, 6.45) is 2.86. The predicted octanol–water partition coefficient (Wildman–Crippen LogP) is 1.87. The Kier molecular flexibility index (Phi) is 3.25. The lowest BCUT2D eigenvalue weighted by molar-refractivity contribution is -0.152. The first-order valence-corrected chi connectivity index (χ1v) is 5.64. The number of esters is 1. The summed E-state index contributed by atoms with van der Waals surface area (Å²) in [4.78, 5) is 11.7. The molecule has 0 radical (unpaired) electrons. The second-order valence-corrected chi connectivity index (χ2v) is 4.27. The van der Waals surface area contributed by atoms with Gasteiger partial charge in [-0.1, -0.05) is 30.3 Å². The SMILES string of the molecule is COC(=O)C1(NCc2ccccc2)CCC1. The summed E-state index contributed by atoms with van der Waals surface area (Å²) in [6.45, 7) is 0.718. The summed E-state index contributed by atoms with van der Waals surface area (Å²) in [6, 6.07) is 10.1. The van der Waals surface area contributed by atoms with E-state index >= 15 is 0 Å². The standard InChI is InChI=1S/C13H17NO2/c1-16-12(15)13(8-5-9-13)14-10-11-6-3-2-4-7-11/h2-4,6-7,14H,5,8-10H2,1H3. The van der Waals surface area contributed by atoms with Crippen molar-refractivity contribution in [3.8, 4) is 0 Å². The number of hydrogen-bond donors (Lipinski definition) is 1. The molecule has 1 aliphatic rings. The Balaban J connectivity index is 1.96. The highest BCUT2D eigenvalue weighted by Gasteiger charge is 2.44. The molecule has 3 heteroatoms. The van der Waals surface area contributed by atoms with Crippen molar-refractivity contribution in [1.29, 1.82) is 0 Å². The number of methoxy groups -OCH3 is 1. The van der Waals surface area contributed by atoms with E-state index in [2.05, 4.69) is 17.4 Å². The molecule has 86 valence electrons. The zero-order valence-electron chi connectivity index (χ0n) is 9.53. The maximum absolute atomic E-state index is 11.7. The fraction of sp³-hybridized carbons (Fsp3) is 0.462. The first-order chi connectivity index (χ1) is 7.77. The Morgan fingerprint density at radius 3 is 2.56 bits per heavy atom. The van der Waals surface area contributed by atoms with Gasteiger partial charge in [0.15, 0.2) is 0 Å². The van der Waals surface area contributed by atoms with Gasteiger partial charge in [0, 0.05) is 6.54 Å². The van der Waals surface area contributed by atoms with Crippen molar-refractivity contribution in [3.63, 3.8) is 0 Å². The third-order valence-corrected chi connectivity index (χ3v) is 3.26.